The Hall–Kier alpha value is -2.75. The summed E-state index contributed by atoms with van der Waals surface area (Å²) in [6.07, 6.45) is 0. The minimum absolute atomic E-state index is 0.380. The number of nitrogen functional groups attached to an aromatic ring is 1. The van der Waals surface area contributed by atoms with Gasteiger partial charge in [-0.3, -0.25) is 0 Å². The molecule has 0 aliphatic rings. The predicted octanol–water partition coefficient (Wildman–Crippen LogP) is 3.91. The maximum absolute atomic E-state index is 6.03. The zero-order valence-corrected chi connectivity index (χ0v) is 12.0. The van der Waals surface area contributed by atoms with Gasteiger partial charge in [-0.25, -0.2) is 0 Å². The molecular formula is C17H16N2O2. The summed E-state index contributed by atoms with van der Waals surface area (Å²) < 4.78 is 10.9. The van der Waals surface area contributed by atoms with Gasteiger partial charge in [-0.05, 0) is 30.2 Å². The minimum Gasteiger partial charge on any atom is -0.496 e. The predicted molar refractivity (Wildman–Crippen MR) is 83.1 cm³/mol. The SMILES string of the molecule is COc1ccccc1-c1onc(N)c1-c1ccccc1C. The smallest absolute Gasteiger partial charge is 0.180 e. The van der Waals surface area contributed by atoms with Crippen LogP contribution in [0.1, 0.15) is 5.56 Å². The Balaban J connectivity index is 2.25. The third-order valence-electron chi connectivity index (χ3n) is 3.48. The first-order chi connectivity index (χ1) is 10.2. The second-order valence-corrected chi connectivity index (χ2v) is 4.79. The summed E-state index contributed by atoms with van der Waals surface area (Å²) >= 11 is 0. The number of para-hydroxylation sites is 1. The van der Waals surface area contributed by atoms with Crippen LogP contribution < -0.4 is 10.5 Å². The molecule has 0 spiro atoms. The molecule has 0 aliphatic heterocycles. The van der Waals surface area contributed by atoms with Crippen LogP contribution in [0.2, 0.25) is 0 Å². The van der Waals surface area contributed by atoms with E-state index < -0.39 is 0 Å². The minimum atomic E-state index is 0.380. The molecule has 0 saturated carbocycles. The summed E-state index contributed by atoms with van der Waals surface area (Å²) in [4.78, 5) is 0. The molecular weight excluding hydrogens is 264 g/mol. The number of ether oxygens (including phenoxy) is 1. The first-order valence-electron chi connectivity index (χ1n) is 6.67. The average Bonchev–Trinajstić information content (AvgIpc) is 2.89. The highest BCUT2D eigenvalue weighted by Gasteiger charge is 2.21. The Morgan fingerprint density at radius 2 is 1.67 bits per heavy atom. The van der Waals surface area contributed by atoms with Gasteiger partial charge in [0.05, 0.1) is 18.2 Å². The van der Waals surface area contributed by atoms with Gasteiger partial charge in [0, 0.05) is 0 Å². The maximum atomic E-state index is 6.03. The summed E-state index contributed by atoms with van der Waals surface area (Å²) in [5, 5.41) is 3.93. The summed E-state index contributed by atoms with van der Waals surface area (Å²) in [6, 6.07) is 15.7. The second-order valence-electron chi connectivity index (χ2n) is 4.79. The van der Waals surface area contributed by atoms with Crippen molar-refractivity contribution in [1.29, 1.82) is 0 Å². The molecule has 2 aromatic carbocycles. The summed E-state index contributed by atoms with van der Waals surface area (Å²) in [6.45, 7) is 2.04. The Morgan fingerprint density at radius 3 is 2.38 bits per heavy atom. The molecule has 1 aromatic heterocycles. The Bertz CT molecular complexity index is 778. The molecule has 0 amide bonds. The van der Waals surface area contributed by atoms with E-state index in [0.717, 1.165) is 28.0 Å². The van der Waals surface area contributed by atoms with Crippen molar-refractivity contribution in [3.8, 4) is 28.2 Å². The van der Waals surface area contributed by atoms with Gasteiger partial charge in [-0.15, -0.1) is 0 Å². The van der Waals surface area contributed by atoms with E-state index in [2.05, 4.69) is 5.16 Å². The monoisotopic (exact) mass is 280 g/mol. The summed E-state index contributed by atoms with van der Waals surface area (Å²) in [5.41, 5.74) is 9.79. The molecule has 0 bridgehead atoms. The third-order valence-corrected chi connectivity index (χ3v) is 3.48. The number of aromatic nitrogens is 1. The number of nitrogens with zero attached hydrogens (tertiary/aromatic N) is 1. The number of aryl methyl sites for hydroxylation is 1. The molecule has 1 heterocycles. The highest BCUT2D eigenvalue weighted by molar-refractivity contribution is 5.89. The van der Waals surface area contributed by atoms with Crippen LogP contribution in [0.25, 0.3) is 22.5 Å². The van der Waals surface area contributed by atoms with E-state index in [0.29, 0.717) is 11.6 Å². The van der Waals surface area contributed by atoms with E-state index in [4.69, 9.17) is 15.0 Å². The number of anilines is 1. The molecule has 0 fully saturated rings. The van der Waals surface area contributed by atoms with Crippen molar-refractivity contribution in [2.75, 3.05) is 12.8 Å². The van der Waals surface area contributed by atoms with E-state index in [1.54, 1.807) is 7.11 Å². The van der Waals surface area contributed by atoms with Crippen LogP contribution in [0.4, 0.5) is 5.82 Å². The number of hydrogen-bond donors (Lipinski definition) is 1. The van der Waals surface area contributed by atoms with Crippen molar-refractivity contribution in [2.24, 2.45) is 0 Å². The Kier molecular flexibility index (Phi) is 3.36. The fourth-order valence-corrected chi connectivity index (χ4v) is 2.43. The molecule has 0 atom stereocenters. The largest absolute Gasteiger partial charge is 0.496 e. The van der Waals surface area contributed by atoms with Gasteiger partial charge >= 0.3 is 0 Å². The van der Waals surface area contributed by atoms with Crippen LogP contribution in [0, 0.1) is 6.92 Å². The molecule has 4 nitrogen and oxygen atoms in total. The van der Waals surface area contributed by atoms with Crippen LogP contribution in [0.3, 0.4) is 0 Å². The maximum Gasteiger partial charge on any atom is 0.180 e. The van der Waals surface area contributed by atoms with Gasteiger partial charge < -0.3 is 15.0 Å². The molecule has 0 radical (unpaired) electrons. The first-order valence-corrected chi connectivity index (χ1v) is 6.67. The number of benzene rings is 2. The standard InChI is InChI=1S/C17H16N2O2/c1-11-7-3-4-8-12(11)15-16(21-19-17(15)18)13-9-5-6-10-14(13)20-2/h3-10H,1-2H3,(H2,18,19). The molecule has 3 rings (SSSR count). The van der Waals surface area contributed by atoms with Gasteiger partial charge in [0.1, 0.15) is 5.75 Å². The number of hydrogen-bond acceptors (Lipinski definition) is 4. The Morgan fingerprint density at radius 1 is 1.00 bits per heavy atom. The fourth-order valence-electron chi connectivity index (χ4n) is 2.43. The highest BCUT2D eigenvalue weighted by atomic mass is 16.5. The fraction of sp³-hybridized carbons (Fsp3) is 0.118. The molecule has 0 saturated heterocycles. The topological polar surface area (TPSA) is 61.3 Å². The van der Waals surface area contributed by atoms with Crippen LogP contribution in [0.5, 0.6) is 5.75 Å². The zero-order valence-electron chi connectivity index (χ0n) is 12.0. The van der Waals surface area contributed by atoms with Crippen molar-refractivity contribution in [3.05, 3.63) is 54.1 Å². The Labute approximate surface area is 123 Å². The molecule has 21 heavy (non-hydrogen) atoms. The molecule has 0 unspecified atom stereocenters. The molecule has 106 valence electrons. The zero-order chi connectivity index (χ0) is 14.8. The van der Waals surface area contributed by atoms with Crippen molar-refractivity contribution in [2.45, 2.75) is 6.92 Å². The van der Waals surface area contributed by atoms with Crippen molar-refractivity contribution in [1.82, 2.24) is 5.16 Å². The molecule has 0 aliphatic carbocycles. The lowest BCUT2D eigenvalue weighted by molar-refractivity contribution is 0.407. The molecule has 2 N–H and O–H groups in total. The van der Waals surface area contributed by atoms with Crippen LogP contribution in [-0.4, -0.2) is 12.3 Å². The normalized spacial score (nSPS) is 10.6. The van der Waals surface area contributed by atoms with Crippen molar-refractivity contribution < 1.29 is 9.26 Å². The average molecular weight is 280 g/mol. The highest BCUT2D eigenvalue weighted by Crippen LogP contribution is 2.41. The van der Waals surface area contributed by atoms with E-state index in [9.17, 15) is 0 Å². The van der Waals surface area contributed by atoms with E-state index in [1.807, 2.05) is 55.5 Å². The quantitative estimate of drug-likeness (QED) is 0.790. The van der Waals surface area contributed by atoms with Crippen LogP contribution in [-0.2, 0) is 0 Å². The lowest BCUT2D eigenvalue weighted by atomic mass is 9.97. The lowest BCUT2D eigenvalue weighted by Gasteiger charge is -2.09. The van der Waals surface area contributed by atoms with E-state index in [1.165, 1.54) is 0 Å². The number of rotatable bonds is 3. The van der Waals surface area contributed by atoms with Gasteiger partial charge in [0.15, 0.2) is 11.6 Å². The van der Waals surface area contributed by atoms with E-state index >= 15 is 0 Å². The summed E-state index contributed by atoms with van der Waals surface area (Å²) in [7, 11) is 1.63. The van der Waals surface area contributed by atoms with Gasteiger partial charge in [0.25, 0.3) is 0 Å². The van der Waals surface area contributed by atoms with Gasteiger partial charge in [-0.2, -0.15) is 0 Å². The van der Waals surface area contributed by atoms with Crippen molar-refractivity contribution >= 4 is 5.82 Å². The van der Waals surface area contributed by atoms with Gasteiger partial charge in [-0.1, -0.05) is 41.6 Å². The summed E-state index contributed by atoms with van der Waals surface area (Å²) in [5.74, 6) is 1.73. The van der Waals surface area contributed by atoms with E-state index in [-0.39, 0.29) is 0 Å². The lowest BCUT2D eigenvalue weighted by Crippen LogP contribution is -1.92. The third kappa shape index (κ3) is 2.25. The number of methoxy groups -OCH3 is 1. The molecule has 3 aromatic rings. The molecule has 4 heteroatoms. The number of nitrogens with two attached hydrogens (primary N) is 1. The second kappa shape index (κ2) is 5.32. The first kappa shape index (κ1) is 13.2. The van der Waals surface area contributed by atoms with Crippen molar-refractivity contribution in [3.63, 3.8) is 0 Å². The van der Waals surface area contributed by atoms with Gasteiger partial charge in [0.2, 0.25) is 0 Å². The van der Waals surface area contributed by atoms with Crippen LogP contribution >= 0.6 is 0 Å². The van der Waals surface area contributed by atoms with Crippen LogP contribution in [0.15, 0.2) is 53.1 Å².